The molecule has 1 aromatic rings. The number of hydrogen-bond donors (Lipinski definition) is 1. The third-order valence-corrected chi connectivity index (χ3v) is 3.15. The van der Waals surface area contributed by atoms with Crippen LogP contribution in [0.4, 0.5) is 0 Å². The molecule has 0 spiro atoms. The zero-order valence-corrected chi connectivity index (χ0v) is 9.48. The molecular formula is C11H19N3O. The summed E-state index contributed by atoms with van der Waals surface area (Å²) in [6.07, 6.45) is 6.30. The third-order valence-electron chi connectivity index (χ3n) is 3.15. The van der Waals surface area contributed by atoms with Gasteiger partial charge in [-0.15, -0.1) is 0 Å². The fourth-order valence-electron chi connectivity index (χ4n) is 2.34. The Kier molecular flexibility index (Phi) is 2.80. The fraction of sp³-hybridized carbons (Fsp3) is 0.727. The van der Waals surface area contributed by atoms with Crippen molar-refractivity contribution >= 4 is 0 Å². The SMILES string of the molecule is CN1CCCC(O)(Cc2nccn2C)C1. The number of likely N-dealkylation sites (N-methyl/N-ethyl adjacent to an activating group) is 1. The third kappa shape index (κ3) is 2.38. The molecule has 0 radical (unpaired) electrons. The molecule has 1 aliphatic rings. The van der Waals surface area contributed by atoms with Gasteiger partial charge in [0.25, 0.3) is 0 Å². The van der Waals surface area contributed by atoms with Crippen molar-refractivity contribution in [2.45, 2.75) is 24.9 Å². The van der Waals surface area contributed by atoms with Crippen LogP contribution in [0.3, 0.4) is 0 Å². The number of imidazole rings is 1. The summed E-state index contributed by atoms with van der Waals surface area (Å²) in [5.74, 6) is 0.966. The van der Waals surface area contributed by atoms with Gasteiger partial charge in [-0.05, 0) is 26.4 Å². The summed E-state index contributed by atoms with van der Waals surface area (Å²) in [5.41, 5.74) is -0.591. The summed E-state index contributed by atoms with van der Waals surface area (Å²) >= 11 is 0. The lowest BCUT2D eigenvalue weighted by Crippen LogP contribution is -2.48. The van der Waals surface area contributed by atoms with E-state index in [9.17, 15) is 5.11 Å². The lowest BCUT2D eigenvalue weighted by atomic mass is 9.89. The number of rotatable bonds is 2. The van der Waals surface area contributed by atoms with Gasteiger partial charge in [0.05, 0.1) is 5.60 Å². The van der Waals surface area contributed by atoms with Gasteiger partial charge in [-0.1, -0.05) is 0 Å². The zero-order valence-electron chi connectivity index (χ0n) is 9.48. The van der Waals surface area contributed by atoms with Gasteiger partial charge in [-0.3, -0.25) is 0 Å². The van der Waals surface area contributed by atoms with Crippen LogP contribution in [0.15, 0.2) is 12.4 Å². The molecule has 84 valence electrons. The minimum Gasteiger partial charge on any atom is -0.388 e. The summed E-state index contributed by atoms with van der Waals surface area (Å²) in [6.45, 7) is 1.84. The highest BCUT2D eigenvalue weighted by Crippen LogP contribution is 2.23. The molecular weight excluding hydrogens is 190 g/mol. The summed E-state index contributed by atoms with van der Waals surface area (Å²) in [5, 5.41) is 10.4. The van der Waals surface area contributed by atoms with Crippen molar-refractivity contribution < 1.29 is 5.11 Å². The summed E-state index contributed by atoms with van der Waals surface area (Å²) in [4.78, 5) is 6.45. The highest BCUT2D eigenvalue weighted by atomic mass is 16.3. The van der Waals surface area contributed by atoms with E-state index in [-0.39, 0.29) is 0 Å². The molecule has 0 amide bonds. The lowest BCUT2D eigenvalue weighted by molar-refractivity contribution is -0.0242. The number of piperidine rings is 1. The van der Waals surface area contributed by atoms with E-state index in [1.54, 1.807) is 6.20 Å². The first-order valence-corrected chi connectivity index (χ1v) is 5.46. The van der Waals surface area contributed by atoms with Gasteiger partial charge in [0.15, 0.2) is 0 Å². The molecule has 1 unspecified atom stereocenters. The first-order valence-electron chi connectivity index (χ1n) is 5.46. The normalized spacial score (nSPS) is 28.2. The summed E-state index contributed by atoms with van der Waals surface area (Å²) < 4.78 is 1.98. The van der Waals surface area contributed by atoms with Crippen LogP contribution in [0.1, 0.15) is 18.7 Å². The molecule has 0 aromatic carbocycles. The van der Waals surface area contributed by atoms with Crippen molar-refractivity contribution in [3.8, 4) is 0 Å². The largest absolute Gasteiger partial charge is 0.388 e. The van der Waals surface area contributed by atoms with Crippen LogP contribution >= 0.6 is 0 Å². The Labute approximate surface area is 90.5 Å². The molecule has 1 aromatic heterocycles. The molecule has 1 aliphatic heterocycles. The molecule has 0 bridgehead atoms. The monoisotopic (exact) mass is 209 g/mol. The van der Waals surface area contributed by atoms with E-state index in [1.807, 2.05) is 17.8 Å². The topological polar surface area (TPSA) is 41.3 Å². The minimum absolute atomic E-state index is 0.591. The minimum atomic E-state index is -0.591. The van der Waals surface area contributed by atoms with Crippen LogP contribution in [0.5, 0.6) is 0 Å². The van der Waals surface area contributed by atoms with E-state index in [2.05, 4.69) is 16.9 Å². The Hall–Kier alpha value is -0.870. The number of aromatic nitrogens is 2. The lowest BCUT2D eigenvalue weighted by Gasteiger charge is -2.37. The Balaban J connectivity index is 2.07. The second-order valence-electron chi connectivity index (χ2n) is 4.70. The molecule has 15 heavy (non-hydrogen) atoms. The number of aryl methyl sites for hydroxylation is 1. The number of aliphatic hydroxyl groups is 1. The molecule has 2 heterocycles. The Bertz CT molecular complexity index is 336. The van der Waals surface area contributed by atoms with E-state index in [0.29, 0.717) is 6.42 Å². The highest BCUT2D eigenvalue weighted by Gasteiger charge is 2.33. The van der Waals surface area contributed by atoms with E-state index in [1.165, 1.54) is 0 Å². The van der Waals surface area contributed by atoms with Crippen molar-refractivity contribution in [1.29, 1.82) is 0 Å². The molecule has 1 fully saturated rings. The number of nitrogens with zero attached hydrogens (tertiary/aromatic N) is 3. The molecule has 4 nitrogen and oxygen atoms in total. The Morgan fingerprint density at radius 2 is 2.33 bits per heavy atom. The van der Waals surface area contributed by atoms with Crippen LogP contribution < -0.4 is 0 Å². The van der Waals surface area contributed by atoms with Crippen molar-refractivity contribution in [3.05, 3.63) is 18.2 Å². The quantitative estimate of drug-likeness (QED) is 0.767. The maximum atomic E-state index is 10.4. The maximum absolute atomic E-state index is 10.4. The van der Waals surface area contributed by atoms with Crippen molar-refractivity contribution in [2.24, 2.45) is 7.05 Å². The molecule has 0 saturated carbocycles. The van der Waals surface area contributed by atoms with E-state index in [4.69, 9.17) is 0 Å². The smallest absolute Gasteiger partial charge is 0.111 e. The Morgan fingerprint density at radius 3 is 2.93 bits per heavy atom. The van der Waals surface area contributed by atoms with Gasteiger partial charge in [0.1, 0.15) is 5.82 Å². The summed E-state index contributed by atoms with van der Waals surface area (Å²) in [7, 11) is 4.03. The Morgan fingerprint density at radius 1 is 1.53 bits per heavy atom. The first-order chi connectivity index (χ1) is 7.09. The van der Waals surface area contributed by atoms with Crippen molar-refractivity contribution in [3.63, 3.8) is 0 Å². The molecule has 1 atom stereocenters. The second-order valence-corrected chi connectivity index (χ2v) is 4.70. The molecule has 2 rings (SSSR count). The maximum Gasteiger partial charge on any atom is 0.111 e. The summed E-state index contributed by atoms with van der Waals surface area (Å²) in [6, 6.07) is 0. The van der Waals surface area contributed by atoms with Gasteiger partial charge in [-0.25, -0.2) is 4.98 Å². The van der Waals surface area contributed by atoms with Crippen LogP contribution in [-0.4, -0.2) is 45.3 Å². The van der Waals surface area contributed by atoms with E-state index in [0.717, 1.165) is 31.8 Å². The second kappa shape index (κ2) is 3.94. The van der Waals surface area contributed by atoms with Gasteiger partial charge in [-0.2, -0.15) is 0 Å². The van der Waals surface area contributed by atoms with Crippen LogP contribution in [0.2, 0.25) is 0 Å². The first kappa shape index (κ1) is 10.6. The number of likely N-dealkylation sites (tertiary alicyclic amines) is 1. The van der Waals surface area contributed by atoms with Crippen LogP contribution in [-0.2, 0) is 13.5 Å². The average Bonchev–Trinajstić information content (AvgIpc) is 2.50. The fourth-order valence-corrected chi connectivity index (χ4v) is 2.34. The highest BCUT2D eigenvalue weighted by molar-refractivity contribution is 5.00. The van der Waals surface area contributed by atoms with Gasteiger partial charge < -0.3 is 14.6 Å². The molecule has 1 saturated heterocycles. The average molecular weight is 209 g/mol. The predicted molar refractivity (Wildman–Crippen MR) is 58.6 cm³/mol. The number of β-amino-alcohol motifs (C(OH)–C–C–N with tert-alkyl or cyclic N) is 1. The molecule has 0 aliphatic carbocycles. The van der Waals surface area contributed by atoms with E-state index >= 15 is 0 Å². The zero-order chi connectivity index (χ0) is 10.9. The van der Waals surface area contributed by atoms with Crippen molar-refractivity contribution in [2.75, 3.05) is 20.1 Å². The number of hydrogen-bond acceptors (Lipinski definition) is 3. The van der Waals surface area contributed by atoms with Crippen LogP contribution in [0.25, 0.3) is 0 Å². The molecule has 4 heteroatoms. The van der Waals surface area contributed by atoms with Gasteiger partial charge >= 0.3 is 0 Å². The van der Waals surface area contributed by atoms with Crippen molar-refractivity contribution in [1.82, 2.24) is 14.5 Å². The van der Waals surface area contributed by atoms with Gasteiger partial charge in [0, 0.05) is 32.4 Å². The van der Waals surface area contributed by atoms with E-state index < -0.39 is 5.60 Å². The van der Waals surface area contributed by atoms with Crippen LogP contribution in [0, 0.1) is 0 Å². The van der Waals surface area contributed by atoms with Gasteiger partial charge in [0.2, 0.25) is 0 Å². The standard InChI is InChI=1S/C11H19N3O/c1-13-6-3-4-11(15,9-13)8-10-12-5-7-14(10)2/h5,7,15H,3-4,6,8-9H2,1-2H3. The predicted octanol–water partition coefficient (Wildman–Crippen LogP) is 0.419. The molecule has 1 N–H and O–H groups in total.